The van der Waals surface area contributed by atoms with Gasteiger partial charge in [0.25, 0.3) is 0 Å². The molecule has 0 N–H and O–H groups in total. The first-order valence-corrected chi connectivity index (χ1v) is 11.2. The predicted molar refractivity (Wildman–Crippen MR) is 110 cm³/mol. The molecule has 0 unspecified atom stereocenters. The second-order valence-corrected chi connectivity index (χ2v) is 10.5. The molecule has 0 heterocycles. The van der Waals surface area contributed by atoms with Gasteiger partial charge >= 0.3 is 0 Å². The van der Waals surface area contributed by atoms with Crippen LogP contribution in [0.25, 0.3) is 0 Å². The number of oxime groups is 1. The van der Waals surface area contributed by atoms with Gasteiger partial charge in [0.15, 0.2) is 5.78 Å². The van der Waals surface area contributed by atoms with Crippen LogP contribution < -0.4 is 0 Å². The monoisotopic (exact) mass is 371 g/mol. The molecule has 3 nitrogen and oxygen atoms in total. The molecule has 0 saturated heterocycles. The van der Waals surface area contributed by atoms with Crippen molar-refractivity contribution in [3.8, 4) is 0 Å². The van der Waals surface area contributed by atoms with E-state index in [1.54, 1.807) is 0 Å². The number of hydrogen-bond donors (Lipinski definition) is 0. The summed E-state index contributed by atoms with van der Waals surface area (Å²) < 4.78 is 0. The minimum atomic E-state index is 0.151. The molecule has 0 radical (unpaired) electrons. The standard InChI is InChI=1S/C24H37NO2/c1-15(2)27-25-16(3)20-8-9-21-19-7-6-17-14-18(26)10-12-23(17,4)22(19)11-13-24(20,21)5/h14-15,19-22H,6-13H2,1-5H3/b25-16+/t19-,20+,21-,22-,23-,24+/m0/s1. The van der Waals surface area contributed by atoms with Crippen LogP contribution in [-0.4, -0.2) is 17.6 Å². The molecule has 0 aromatic heterocycles. The molecule has 0 bridgehead atoms. The highest BCUT2D eigenvalue weighted by molar-refractivity contribution is 5.91. The van der Waals surface area contributed by atoms with E-state index >= 15 is 0 Å². The molecule has 4 rings (SSSR count). The first kappa shape index (κ1) is 19.2. The molecule has 4 aliphatic rings. The Kier molecular flexibility index (Phi) is 4.79. The molecule has 3 fully saturated rings. The fourth-order valence-electron chi connectivity index (χ4n) is 7.50. The van der Waals surface area contributed by atoms with Gasteiger partial charge in [0.2, 0.25) is 0 Å². The topological polar surface area (TPSA) is 38.7 Å². The van der Waals surface area contributed by atoms with Gasteiger partial charge in [0.05, 0.1) is 5.71 Å². The Morgan fingerprint density at radius 3 is 2.63 bits per heavy atom. The summed E-state index contributed by atoms with van der Waals surface area (Å²) in [6.07, 6.45) is 11.6. The number of carbonyl (C=O) groups excluding carboxylic acids is 1. The highest BCUT2D eigenvalue weighted by atomic mass is 16.6. The maximum absolute atomic E-state index is 12.0. The number of nitrogens with zero attached hydrogens (tertiary/aromatic N) is 1. The van der Waals surface area contributed by atoms with Crippen molar-refractivity contribution in [1.29, 1.82) is 0 Å². The summed E-state index contributed by atoms with van der Waals surface area (Å²) in [5.41, 5.74) is 3.33. The van der Waals surface area contributed by atoms with Crippen molar-refractivity contribution in [2.45, 2.75) is 92.1 Å². The maximum Gasteiger partial charge on any atom is 0.155 e. The van der Waals surface area contributed by atoms with Crippen LogP contribution >= 0.6 is 0 Å². The van der Waals surface area contributed by atoms with E-state index in [0.29, 0.717) is 17.1 Å². The van der Waals surface area contributed by atoms with E-state index in [-0.39, 0.29) is 11.5 Å². The number of allylic oxidation sites excluding steroid dienone is 1. The Bertz CT molecular complexity index is 678. The Labute approximate surface area is 165 Å². The number of ketones is 1. The summed E-state index contributed by atoms with van der Waals surface area (Å²) in [4.78, 5) is 17.6. The molecule has 0 aromatic rings. The third-order valence-electron chi connectivity index (χ3n) is 8.87. The Balaban J connectivity index is 1.58. The first-order valence-electron chi connectivity index (χ1n) is 11.2. The SMILES string of the molecule is C/C(=N\OC(C)C)[C@H]1CC[C@H]2[C@@H]3CCC4=CC(=O)CC[C@]4(C)[C@H]3CC[C@]12C. The lowest BCUT2D eigenvalue weighted by Gasteiger charge is -2.58. The van der Waals surface area contributed by atoms with Crippen molar-refractivity contribution < 1.29 is 9.63 Å². The zero-order valence-corrected chi connectivity index (χ0v) is 17.9. The van der Waals surface area contributed by atoms with Crippen molar-refractivity contribution in [2.24, 2.45) is 39.7 Å². The number of fused-ring (bicyclic) bond motifs is 5. The smallest absolute Gasteiger partial charge is 0.155 e. The second-order valence-electron chi connectivity index (χ2n) is 10.5. The number of hydrogen-bond acceptors (Lipinski definition) is 3. The van der Waals surface area contributed by atoms with Crippen LogP contribution in [-0.2, 0) is 9.63 Å². The molecule has 4 aliphatic carbocycles. The fourth-order valence-corrected chi connectivity index (χ4v) is 7.50. The van der Waals surface area contributed by atoms with Crippen LogP contribution in [0.3, 0.4) is 0 Å². The lowest BCUT2D eigenvalue weighted by molar-refractivity contribution is -0.117. The van der Waals surface area contributed by atoms with Gasteiger partial charge in [-0.2, -0.15) is 0 Å². The first-order chi connectivity index (χ1) is 12.8. The fraction of sp³-hybridized carbons (Fsp3) is 0.833. The molecule has 0 aliphatic heterocycles. The molecule has 0 amide bonds. The molecule has 3 saturated carbocycles. The quantitative estimate of drug-likeness (QED) is 0.455. The summed E-state index contributed by atoms with van der Waals surface area (Å²) >= 11 is 0. The van der Waals surface area contributed by atoms with E-state index in [1.807, 2.05) is 19.9 Å². The van der Waals surface area contributed by atoms with Crippen LogP contribution in [0, 0.1) is 34.5 Å². The van der Waals surface area contributed by atoms with Crippen LogP contribution in [0.2, 0.25) is 0 Å². The predicted octanol–water partition coefficient (Wildman–Crippen LogP) is 5.94. The van der Waals surface area contributed by atoms with E-state index in [4.69, 9.17) is 4.84 Å². The van der Waals surface area contributed by atoms with Crippen molar-refractivity contribution in [3.05, 3.63) is 11.6 Å². The van der Waals surface area contributed by atoms with E-state index in [0.717, 1.165) is 37.0 Å². The summed E-state index contributed by atoms with van der Waals surface area (Å²) in [7, 11) is 0. The van der Waals surface area contributed by atoms with Crippen LogP contribution in [0.1, 0.15) is 86.0 Å². The van der Waals surface area contributed by atoms with Gasteiger partial charge in [-0.3, -0.25) is 4.79 Å². The van der Waals surface area contributed by atoms with Gasteiger partial charge in [-0.1, -0.05) is 24.6 Å². The molecule has 6 atom stereocenters. The largest absolute Gasteiger partial charge is 0.393 e. The van der Waals surface area contributed by atoms with Gasteiger partial charge < -0.3 is 4.84 Å². The third-order valence-corrected chi connectivity index (χ3v) is 8.87. The number of carbonyl (C=O) groups is 1. The van der Waals surface area contributed by atoms with Gasteiger partial charge in [-0.05, 0) is 100 Å². The van der Waals surface area contributed by atoms with E-state index < -0.39 is 0 Å². The minimum absolute atomic E-state index is 0.151. The third kappa shape index (κ3) is 3.00. The summed E-state index contributed by atoms with van der Waals surface area (Å²) in [6.45, 7) is 11.3. The minimum Gasteiger partial charge on any atom is -0.393 e. The average Bonchev–Trinajstić information content (AvgIpc) is 2.97. The van der Waals surface area contributed by atoms with Crippen LogP contribution in [0.15, 0.2) is 16.8 Å². The normalized spacial score (nSPS) is 44.4. The van der Waals surface area contributed by atoms with Gasteiger partial charge in [-0.25, -0.2) is 0 Å². The Morgan fingerprint density at radius 1 is 1.11 bits per heavy atom. The van der Waals surface area contributed by atoms with E-state index in [1.165, 1.54) is 43.4 Å². The van der Waals surface area contributed by atoms with Crippen molar-refractivity contribution in [3.63, 3.8) is 0 Å². The highest BCUT2D eigenvalue weighted by Crippen LogP contribution is 2.66. The van der Waals surface area contributed by atoms with Crippen molar-refractivity contribution >= 4 is 11.5 Å². The van der Waals surface area contributed by atoms with Crippen LogP contribution in [0.4, 0.5) is 0 Å². The molecule has 150 valence electrons. The van der Waals surface area contributed by atoms with E-state index in [2.05, 4.69) is 25.9 Å². The number of rotatable bonds is 3. The second kappa shape index (κ2) is 6.74. The summed E-state index contributed by atoms with van der Waals surface area (Å²) in [5, 5.41) is 4.50. The van der Waals surface area contributed by atoms with Crippen molar-refractivity contribution in [1.82, 2.24) is 0 Å². The van der Waals surface area contributed by atoms with Gasteiger partial charge in [0.1, 0.15) is 6.10 Å². The molecular formula is C24H37NO2. The Morgan fingerprint density at radius 2 is 1.89 bits per heavy atom. The highest BCUT2D eigenvalue weighted by Gasteiger charge is 2.59. The van der Waals surface area contributed by atoms with E-state index in [9.17, 15) is 4.79 Å². The molecule has 0 aromatic carbocycles. The maximum atomic E-state index is 12.0. The molecule has 0 spiro atoms. The summed E-state index contributed by atoms with van der Waals surface area (Å²) in [6, 6.07) is 0. The zero-order valence-electron chi connectivity index (χ0n) is 17.9. The van der Waals surface area contributed by atoms with Gasteiger partial charge in [-0.15, -0.1) is 0 Å². The molecule has 27 heavy (non-hydrogen) atoms. The Hall–Kier alpha value is -1.12. The molecular weight excluding hydrogens is 334 g/mol. The van der Waals surface area contributed by atoms with Crippen LogP contribution in [0.5, 0.6) is 0 Å². The average molecular weight is 372 g/mol. The lowest BCUT2D eigenvalue weighted by Crippen LogP contribution is -2.51. The lowest BCUT2D eigenvalue weighted by atomic mass is 9.46. The zero-order chi connectivity index (χ0) is 19.4. The van der Waals surface area contributed by atoms with Crippen molar-refractivity contribution in [2.75, 3.05) is 0 Å². The molecule has 3 heteroatoms. The summed E-state index contributed by atoms with van der Waals surface area (Å²) in [5.74, 6) is 3.33. The van der Waals surface area contributed by atoms with Gasteiger partial charge in [0, 0.05) is 12.3 Å².